The number of benzene rings is 1. The summed E-state index contributed by atoms with van der Waals surface area (Å²) in [6.45, 7) is 1.61. The molecule has 102 valence electrons. The summed E-state index contributed by atoms with van der Waals surface area (Å²) in [7, 11) is -3.64. The van der Waals surface area contributed by atoms with Crippen LogP contribution in [0.25, 0.3) is 0 Å². The van der Waals surface area contributed by atoms with E-state index < -0.39 is 15.8 Å². The average molecular weight is 365 g/mol. The van der Waals surface area contributed by atoms with Gasteiger partial charge in [-0.2, -0.15) is 0 Å². The second-order valence-corrected chi connectivity index (χ2v) is 7.90. The zero-order chi connectivity index (χ0) is 14.0. The minimum atomic E-state index is -3.64. The van der Waals surface area contributed by atoms with Crippen molar-refractivity contribution in [2.45, 2.75) is 17.7 Å². The van der Waals surface area contributed by atoms with E-state index in [9.17, 15) is 12.8 Å². The number of hydrogen-bond acceptors (Lipinski definition) is 4. The molecule has 0 aliphatic rings. The van der Waals surface area contributed by atoms with Gasteiger partial charge in [0.2, 0.25) is 0 Å². The van der Waals surface area contributed by atoms with Gasteiger partial charge in [0.25, 0.3) is 10.0 Å². The number of nitrogens with one attached hydrogen (secondary N) is 1. The molecule has 2 aromatic rings. The van der Waals surface area contributed by atoms with E-state index in [-0.39, 0.29) is 16.3 Å². The highest BCUT2D eigenvalue weighted by atomic mass is 79.9. The van der Waals surface area contributed by atoms with Crippen LogP contribution in [0.2, 0.25) is 0 Å². The molecule has 0 aliphatic heterocycles. The second kappa shape index (κ2) is 5.66. The Balaban J connectivity index is 2.16. The van der Waals surface area contributed by atoms with E-state index in [1.54, 1.807) is 13.0 Å². The standard InChI is InChI=1S/C11H10BrFN2O2S2/c1-7-14-6-11(18-7)19(16,17)15-5-8-4-9(12)2-3-10(8)13/h2-4,6,15H,5H2,1H3. The van der Waals surface area contributed by atoms with E-state index in [1.165, 1.54) is 18.3 Å². The molecule has 1 N–H and O–H groups in total. The van der Waals surface area contributed by atoms with Gasteiger partial charge in [-0.15, -0.1) is 11.3 Å². The fraction of sp³-hybridized carbons (Fsp3) is 0.182. The number of nitrogens with zero attached hydrogens (tertiary/aromatic N) is 1. The number of hydrogen-bond donors (Lipinski definition) is 1. The maximum absolute atomic E-state index is 13.5. The number of aromatic nitrogens is 1. The molecule has 0 aliphatic carbocycles. The molecule has 0 saturated heterocycles. The van der Waals surface area contributed by atoms with Gasteiger partial charge < -0.3 is 0 Å². The first-order chi connectivity index (χ1) is 8.88. The number of rotatable bonds is 4. The van der Waals surface area contributed by atoms with Gasteiger partial charge >= 0.3 is 0 Å². The summed E-state index contributed by atoms with van der Waals surface area (Å²) in [5.41, 5.74) is 0.277. The lowest BCUT2D eigenvalue weighted by Gasteiger charge is -2.06. The van der Waals surface area contributed by atoms with Gasteiger partial charge in [0.05, 0.1) is 11.2 Å². The molecule has 1 aromatic carbocycles. The van der Waals surface area contributed by atoms with Crippen LogP contribution in [0.15, 0.2) is 33.1 Å². The van der Waals surface area contributed by atoms with Crippen molar-refractivity contribution < 1.29 is 12.8 Å². The van der Waals surface area contributed by atoms with Gasteiger partial charge in [-0.3, -0.25) is 0 Å². The largest absolute Gasteiger partial charge is 0.251 e. The van der Waals surface area contributed by atoms with Gasteiger partial charge in [0, 0.05) is 16.6 Å². The van der Waals surface area contributed by atoms with Crippen molar-refractivity contribution in [1.82, 2.24) is 9.71 Å². The summed E-state index contributed by atoms with van der Waals surface area (Å²) in [5.74, 6) is -0.452. The van der Waals surface area contributed by atoms with Crippen molar-refractivity contribution in [3.05, 3.63) is 45.3 Å². The van der Waals surface area contributed by atoms with Crippen molar-refractivity contribution in [2.24, 2.45) is 0 Å². The van der Waals surface area contributed by atoms with Crippen LogP contribution in [-0.4, -0.2) is 13.4 Å². The molecule has 0 bridgehead atoms. The van der Waals surface area contributed by atoms with Crippen LogP contribution < -0.4 is 4.72 Å². The van der Waals surface area contributed by atoms with E-state index in [2.05, 4.69) is 25.6 Å². The van der Waals surface area contributed by atoms with E-state index in [0.29, 0.717) is 9.48 Å². The first-order valence-corrected chi connectivity index (χ1v) is 8.34. The normalized spacial score (nSPS) is 11.7. The molecule has 0 spiro atoms. The first-order valence-electron chi connectivity index (χ1n) is 5.24. The van der Waals surface area contributed by atoms with Crippen LogP contribution >= 0.6 is 27.3 Å². The van der Waals surface area contributed by atoms with Crippen LogP contribution in [0, 0.1) is 12.7 Å². The number of thiazole rings is 1. The Labute approximate surface area is 122 Å². The Morgan fingerprint density at radius 3 is 2.84 bits per heavy atom. The van der Waals surface area contributed by atoms with Crippen molar-refractivity contribution in [1.29, 1.82) is 0 Å². The SMILES string of the molecule is Cc1ncc(S(=O)(=O)NCc2cc(Br)ccc2F)s1. The molecule has 0 amide bonds. The molecule has 8 heteroatoms. The van der Waals surface area contributed by atoms with Crippen LogP contribution in [0.4, 0.5) is 4.39 Å². The Morgan fingerprint density at radius 2 is 2.21 bits per heavy atom. The average Bonchev–Trinajstić information content (AvgIpc) is 2.78. The van der Waals surface area contributed by atoms with Gasteiger partial charge in [-0.1, -0.05) is 15.9 Å². The highest BCUT2D eigenvalue weighted by molar-refractivity contribution is 9.10. The molecular formula is C11H10BrFN2O2S2. The van der Waals surface area contributed by atoms with Gasteiger partial charge in [0.15, 0.2) is 4.21 Å². The minimum absolute atomic E-state index is 0.107. The fourth-order valence-electron chi connectivity index (χ4n) is 1.39. The fourth-order valence-corrected chi connectivity index (χ4v) is 3.96. The second-order valence-electron chi connectivity index (χ2n) is 3.76. The lowest BCUT2D eigenvalue weighted by Crippen LogP contribution is -2.23. The highest BCUT2D eigenvalue weighted by Gasteiger charge is 2.17. The van der Waals surface area contributed by atoms with E-state index in [4.69, 9.17) is 0 Å². The first kappa shape index (κ1) is 14.6. The third-order valence-corrected chi connectivity index (χ3v) is 5.59. The van der Waals surface area contributed by atoms with Crippen LogP contribution in [0.5, 0.6) is 0 Å². The molecule has 0 saturated carbocycles. The quantitative estimate of drug-likeness (QED) is 0.907. The molecule has 4 nitrogen and oxygen atoms in total. The number of aryl methyl sites for hydroxylation is 1. The lowest BCUT2D eigenvalue weighted by atomic mass is 10.2. The Bertz CT molecular complexity index is 700. The van der Waals surface area contributed by atoms with Crippen LogP contribution in [-0.2, 0) is 16.6 Å². The summed E-state index contributed by atoms with van der Waals surface area (Å²) in [5, 5.41) is 0.661. The highest BCUT2D eigenvalue weighted by Crippen LogP contribution is 2.19. The summed E-state index contributed by atoms with van der Waals surface area (Å²) >= 11 is 4.29. The predicted molar refractivity (Wildman–Crippen MR) is 75.0 cm³/mol. The van der Waals surface area contributed by atoms with Crippen LogP contribution in [0.3, 0.4) is 0 Å². The molecular weight excluding hydrogens is 355 g/mol. The van der Waals surface area contributed by atoms with E-state index in [1.807, 2.05) is 0 Å². The molecule has 0 fully saturated rings. The molecule has 1 heterocycles. The molecule has 1 aromatic heterocycles. The van der Waals surface area contributed by atoms with Gasteiger partial charge in [-0.05, 0) is 25.1 Å². The molecule has 19 heavy (non-hydrogen) atoms. The zero-order valence-electron chi connectivity index (χ0n) is 9.85. The molecule has 0 unspecified atom stereocenters. The molecule has 2 rings (SSSR count). The number of sulfonamides is 1. The van der Waals surface area contributed by atoms with Crippen molar-refractivity contribution in [3.8, 4) is 0 Å². The Morgan fingerprint density at radius 1 is 1.47 bits per heavy atom. The predicted octanol–water partition coefficient (Wildman–Crippen LogP) is 2.83. The van der Waals surface area contributed by atoms with Crippen molar-refractivity contribution in [2.75, 3.05) is 0 Å². The minimum Gasteiger partial charge on any atom is -0.249 e. The topological polar surface area (TPSA) is 59.1 Å². The maximum atomic E-state index is 13.5. The van der Waals surface area contributed by atoms with E-state index in [0.717, 1.165) is 11.3 Å². The van der Waals surface area contributed by atoms with Crippen molar-refractivity contribution in [3.63, 3.8) is 0 Å². The summed E-state index contributed by atoms with van der Waals surface area (Å²) in [6, 6.07) is 4.38. The van der Waals surface area contributed by atoms with Crippen molar-refractivity contribution >= 4 is 37.3 Å². The third-order valence-electron chi connectivity index (χ3n) is 2.33. The van der Waals surface area contributed by atoms with E-state index >= 15 is 0 Å². The van der Waals surface area contributed by atoms with Crippen LogP contribution in [0.1, 0.15) is 10.6 Å². The summed E-state index contributed by atoms with van der Waals surface area (Å²) in [4.78, 5) is 3.89. The summed E-state index contributed by atoms with van der Waals surface area (Å²) in [6.07, 6.45) is 1.29. The lowest BCUT2D eigenvalue weighted by molar-refractivity contribution is 0.576. The van der Waals surface area contributed by atoms with Gasteiger partial charge in [0.1, 0.15) is 5.82 Å². The molecule has 0 radical (unpaired) electrons. The smallest absolute Gasteiger partial charge is 0.249 e. The zero-order valence-corrected chi connectivity index (χ0v) is 13.1. The third kappa shape index (κ3) is 3.59. The monoisotopic (exact) mass is 364 g/mol. The Hall–Kier alpha value is -0.830. The van der Waals surface area contributed by atoms with Gasteiger partial charge in [-0.25, -0.2) is 22.5 Å². The number of halogens is 2. The molecule has 0 atom stereocenters. The Kier molecular flexibility index (Phi) is 4.34. The maximum Gasteiger partial charge on any atom is 0.251 e. The summed E-state index contributed by atoms with van der Waals surface area (Å²) < 4.78 is 40.5.